The van der Waals surface area contributed by atoms with Crippen molar-refractivity contribution in [3.8, 4) is 0 Å². The third-order valence-electron chi connectivity index (χ3n) is 3.92. The minimum Gasteiger partial charge on any atom is -0.350 e. The molecule has 2 heterocycles. The molecule has 0 saturated carbocycles. The lowest BCUT2D eigenvalue weighted by Crippen LogP contribution is -2.51. The number of amides is 2. The third kappa shape index (κ3) is 4.59. The van der Waals surface area contributed by atoms with Gasteiger partial charge in [0.25, 0.3) is 5.91 Å². The van der Waals surface area contributed by atoms with E-state index in [9.17, 15) is 9.59 Å². The van der Waals surface area contributed by atoms with Crippen molar-refractivity contribution in [3.05, 3.63) is 57.2 Å². The van der Waals surface area contributed by atoms with E-state index in [1.54, 1.807) is 24.4 Å². The van der Waals surface area contributed by atoms with Crippen LogP contribution in [-0.4, -0.2) is 33.8 Å². The Labute approximate surface area is 171 Å². The van der Waals surface area contributed by atoms with Gasteiger partial charge in [0.15, 0.2) is 0 Å². The quantitative estimate of drug-likeness (QED) is 0.740. The van der Waals surface area contributed by atoms with Crippen molar-refractivity contribution in [2.24, 2.45) is 0 Å². The maximum atomic E-state index is 13.2. The number of anilines is 1. The van der Waals surface area contributed by atoms with Crippen LogP contribution < -0.4 is 10.6 Å². The van der Waals surface area contributed by atoms with Crippen LogP contribution in [0, 0.1) is 0 Å². The largest absolute Gasteiger partial charge is 0.350 e. The van der Waals surface area contributed by atoms with Crippen LogP contribution in [0.1, 0.15) is 42.9 Å². The molecule has 0 bridgehead atoms. The molecule has 1 aliphatic heterocycles. The van der Waals surface area contributed by atoms with E-state index in [1.165, 1.54) is 4.90 Å². The van der Waals surface area contributed by atoms with Crippen molar-refractivity contribution in [1.82, 2.24) is 15.2 Å². The number of halogens is 2. The fourth-order valence-corrected chi connectivity index (χ4v) is 3.44. The number of benzene rings is 1. The molecule has 2 aromatic rings. The number of hydrogen-bond acceptors (Lipinski definition) is 4. The molecule has 2 N–H and O–H groups in total. The van der Waals surface area contributed by atoms with E-state index in [1.807, 2.05) is 32.9 Å². The monoisotopic (exact) mass is 450 g/mol. The topological polar surface area (TPSA) is 74.3 Å². The van der Waals surface area contributed by atoms with E-state index in [2.05, 4.69) is 31.5 Å². The van der Waals surface area contributed by atoms with Crippen molar-refractivity contribution in [2.75, 3.05) is 11.9 Å². The molecular weight excluding hydrogens is 432 g/mol. The van der Waals surface area contributed by atoms with E-state index in [0.29, 0.717) is 20.9 Å². The van der Waals surface area contributed by atoms with Gasteiger partial charge in [-0.05, 0) is 60.5 Å². The Morgan fingerprint density at radius 1 is 1.37 bits per heavy atom. The molecule has 3 rings (SSSR count). The van der Waals surface area contributed by atoms with Crippen LogP contribution in [0.3, 0.4) is 0 Å². The molecule has 142 valence electrons. The van der Waals surface area contributed by atoms with E-state index >= 15 is 0 Å². The van der Waals surface area contributed by atoms with Gasteiger partial charge in [-0.15, -0.1) is 0 Å². The first-order valence-electron chi connectivity index (χ1n) is 8.43. The smallest absolute Gasteiger partial charge is 0.260 e. The van der Waals surface area contributed by atoms with Crippen molar-refractivity contribution in [2.45, 2.75) is 32.5 Å². The molecule has 1 aliphatic rings. The lowest BCUT2D eigenvalue weighted by Gasteiger charge is -2.37. The Balaban J connectivity index is 1.99. The number of rotatable bonds is 3. The van der Waals surface area contributed by atoms with Gasteiger partial charge in [0.2, 0.25) is 5.91 Å². The highest BCUT2D eigenvalue weighted by Crippen LogP contribution is 2.33. The first-order valence-corrected chi connectivity index (χ1v) is 9.61. The van der Waals surface area contributed by atoms with E-state index < -0.39 is 11.7 Å². The van der Waals surface area contributed by atoms with Crippen molar-refractivity contribution in [1.29, 1.82) is 0 Å². The van der Waals surface area contributed by atoms with E-state index in [-0.39, 0.29) is 18.4 Å². The van der Waals surface area contributed by atoms with Gasteiger partial charge in [-0.2, -0.15) is 0 Å². The Morgan fingerprint density at radius 3 is 2.78 bits per heavy atom. The molecule has 0 saturated heterocycles. The van der Waals surface area contributed by atoms with E-state index in [0.717, 1.165) is 5.56 Å². The average molecular weight is 452 g/mol. The summed E-state index contributed by atoms with van der Waals surface area (Å²) in [6.45, 7) is 5.59. The van der Waals surface area contributed by atoms with Gasteiger partial charge in [-0.3, -0.25) is 9.59 Å². The molecule has 27 heavy (non-hydrogen) atoms. The van der Waals surface area contributed by atoms with Gasteiger partial charge >= 0.3 is 0 Å². The van der Waals surface area contributed by atoms with Gasteiger partial charge in [-0.25, -0.2) is 4.98 Å². The first-order chi connectivity index (χ1) is 12.6. The molecular formula is C19H20BrClN4O2. The lowest BCUT2D eigenvalue weighted by molar-refractivity contribution is -0.123. The molecule has 0 radical (unpaired) electrons. The predicted molar refractivity (Wildman–Crippen MR) is 109 cm³/mol. The van der Waals surface area contributed by atoms with Crippen LogP contribution in [0.15, 0.2) is 41.0 Å². The zero-order chi connectivity index (χ0) is 19.8. The van der Waals surface area contributed by atoms with Crippen LogP contribution in [0.5, 0.6) is 0 Å². The molecule has 1 unspecified atom stereocenters. The summed E-state index contributed by atoms with van der Waals surface area (Å²) < 4.78 is 0.691. The molecule has 6 nitrogen and oxygen atoms in total. The summed E-state index contributed by atoms with van der Waals surface area (Å²) in [4.78, 5) is 31.5. The summed E-state index contributed by atoms with van der Waals surface area (Å²) in [6.07, 6.45) is 1.07. The summed E-state index contributed by atoms with van der Waals surface area (Å²) in [5.41, 5.74) is 0.790. The molecule has 0 fully saturated rings. The molecule has 1 atom stereocenters. The summed E-state index contributed by atoms with van der Waals surface area (Å²) in [5, 5.41) is 6.70. The number of pyridine rings is 1. The molecule has 0 aliphatic carbocycles. The SMILES string of the molecule is CC(C)(C)NC(=O)CN1C(=O)c2cc(Br)cnc2NC1c1cccc(Cl)c1. The molecule has 0 spiro atoms. The number of hydrogen-bond donors (Lipinski definition) is 2. The molecule has 1 aromatic carbocycles. The Bertz CT molecular complexity index is 898. The van der Waals surface area contributed by atoms with Gasteiger partial charge in [0, 0.05) is 21.2 Å². The number of nitrogens with one attached hydrogen (secondary N) is 2. The van der Waals surface area contributed by atoms with Gasteiger partial charge in [-0.1, -0.05) is 23.7 Å². The second-order valence-corrected chi connectivity index (χ2v) is 8.73. The number of carbonyl (C=O) groups excluding carboxylic acids is 2. The predicted octanol–water partition coefficient (Wildman–Crippen LogP) is 3.98. The van der Waals surface area contributed by atoms with Crippen LogP contribution in [0.2, 0.25) is 5.02 Å². The van der Waals surface area contributed by atoms with Crippen molar-refractivity contribution in [3.63, 3.8) is 0 Å². The van der Waals surface area contributed by atoms with Crippen LogP contribution in [-0.2, 0) is 4.79 Å². The summed E-state index contributed by atoms with van der Waals surface area (Å²) >= 11 is 9.47. The second-order valence-electron chi connectivity index (χ2n) is 7.38. The highest BCUT2D eigenvalue weighted by molar-refractivity contribution is 9.10. The zero-order valence-corrected chi connectivity index (χ0v) is 17.6. The van der Waals surface area contributed by atoms with Crippen molar-refractivity contribution < 1.29 is 9.59 Å². The van der Waals surface area contributed by atoms with Crippen LogP contribution in [0.4, 0.5) is 5.82 Å². The minimum absolute atomic E-state index is 0.0910. The highest BCUT2D eigenvalue weighted by Gasteiger charge is 2.35. The number of aromatic nitrogens is 1. The molecule has 2 amide bonds. The number of fused-ring (bicyclic) bond motifs is 1. The second kappa shape index (κ2) is 7.48. The number of nitrogens with zero attached hydrogens (tertiary/aromatic N) is 2. The first kappa shape index (κ1) is 19.6. The maximum Gasteiger partial charge on any atom is 0.260 e. The Morgan fingerprint density at radius 2 is 2.11 bits per heavy atom. The van der Waals surface area contributed by atoms with E-state index in [4.69, 9.17) is 11.6 Å². The Hall–Kier alpha value is -2.12. The average Bonchev–Trinajstić information content (AvgIpc) is 2.56. The minimum atomic E-state index is -0.553. The van der Waals surface area contributed by atoms with Gasteiger partial charge < -0.3 is 15.5 Å². The van der Waals surface area contributed by atoms with Crippen LogP contribution in [0.25, 0.3) is 0 Å². The summed E-state index contributed by atoms with van der Waals surface area (Å²) in [5.74, 6) is -0.0386. The standard InChI is InChI=1S/C19H20BrClN4O2/c1-19(2,3)24-15(26)10-25-17(11-5-4-6-13(21)7-11)23-16-14(18(25)27)8-12(20)9-22-16/h4-9,17H,10H2,1-3H3,(H,22,23)(H,24,26). The molecule has 1 aromatic heterocycles. The summed E-state index contributed by atoms with van der Waals surface area (Å²) in [7, 11) is 0. The highest BCUT2D eigenvalue weighted by atomic mass is 79.9. The third-order valence-corrected chi connectivity index (χ3v) is 4.59. The van der Waals surface area contributed by atoms with Gasteiger partial charge in [0.1, 0.15) is 18.5 Å². The maximum absolute atomic E-state index is 13.2. The van der Waals surface area contributed by atoms with Gasteiger partial charge in [0.05, 0.1) is 5.56 Å². The zero-order valence-electron chi connectivity index (χ0n) is 15.2. The van der Waals surface area contributed by atoms with Crippen LogP contribution >= 0.6 is 27.5 Å². The summed E-state index contributed by atoms with van der Waals surface area (Å²) in [6, 6.07) is 8.89. The molecule has 8 heteroatoms. The number of carbonyl (C=O) groups is 2. The fourth-order valence-electron chi connectivity index (χ4n) is 2.91. The normalized spacial score (nSPS) is 16.6. The fraction of sp³-hybridized carbons (Fsp3) is 0.316. The Kier molecular flexibility index (Phi) is 5.44. The lowest BCUT2D eigenvalue weighted by atomic mass is 10.1. The van der Waals surface area contributed by atoms with Crippen molar-refractivity contribution >= 4 is 45.2 Å².